The molecule has 0 saturated carbocycles. The molecular formula is C42H51N3O7. The van der Waals surface area contributed by atoms with Crippen LogP contribution in [0.25, 0.3) is 11.1 Å². The molecule has 0 spiro atoms. The third-order valence-corrected chi connectivity index (χ3v) is 9.82. The average Bonchev–Trinajstić information content (AvgIpc) is 3.19. The van der Waals surface area contributed by atoms with Crippen LogP contribution in [-0.4, -0.2) is 57.9 Å². The van der Waals surface area contributed by atoms with E-state index in [4.69, 9.17) is 14.7 Å². The molecule has 0 aromatic heterocycles. The minimum atomic E-state index is -0.647. The Balaban J connectivity index is 1.25. The van der Waals surface area contributed by atoms with Gasteiger partial charge in [0.2, 0.25) is 11.8 Å². The lowest BCUT2D eigenvalue weighted by atomic mass is 9.97. The number of aliphatic hydroxyl groups excluding tert-OH is 2. The lowest BCUT2D eigenvalue weighted by molar-refractivity contribution is -0.253. The van der Waals surface area contributed by atoms with Crippen molar-refractivity contribution in [1.29, 1.82) is 0 Å². The van der Waals surface area contributed by atoms with Gasteiger partial charge in [-0.2, -0.15) is 0 Å². The summed E-state index contributed by atoms with van der Waals surface area (Å²) < 4.78 is 13.2. The van der Waals surface area contributed by atoms with Crippen LogP contribution in [0.5, 0.6) is 0 Å². The van der Waals surface area contributed by atoms with Crippen molar-refractivity contribution in [3.8, 4) is 11.1 Å². The third kappa shape index (κ3) is 10.8. The number of nitrogens with one attached hydrogen (secondary N) is 2. The van der Waals surface area contributed by atoms with Crippen molar-refractivity contribution in [2.24, 2.45) is 0 Å². The van der Waals surface area contributed by atoms with Gasteiger partial charge in [-0.1, -0.05) is 110 Å². The second-order valence-corrected chi connectivity index (χ2v) is 13.5. The molecule has 1 aliphatic heterocycles. The van der Waals surface area contributed by atoms with Gasteiger partial charge in [0, 0.05) is 44.0 Å². The van der Waals surface area contributed by atoms with Crippen molar-refractivity contribution in [2.75, 3.05) is 13.6 Å². The van der Waals surface area contributed by atoms with E-state index in [-0.39, 0.29) is 37.2 Å². The first-order valence-electron chi connectivity index (χ1n) is 18.1. The van der Waals surface area contributed by atoms with Crippen LogP contribution < -0.4 is 10.8 Å². The number of aliphatic hydroxyl groups is 2. The van der Waals surface area contributed by atoms with E-state index < -0.39 is 18.3 Å². The molecule has 1 aliphatic rings. The van der Waals surface area contributed by atoms with E-state index in [0.717, 1.165) is 45.4 Å². The first-order valence-corrected chi connectivity index (χ1v) is 18.1. The minimum absolute atomic E-state index is 0.0243. The zero-order chi connectivity index (χ0) is 36.9. The van der Waals surface area contributed by atoms with E-state index in [0.29, 0.717) is 38.8 Å². The lowest BCUT2D eigenvalue weighted by Gasteiger charge is -2.39. The lowest BCUT2D eigenvalue weighted by Crippen LogP contribution is -2.43. The maximum Gasteiger partial charge on any atom is 0.243 e. The van der Waals surface area contributed by atoms with Gasteiger partial charge in [0.05, 0.1) is 24.9 Å². The predicted octanol–water partition coefficient (Wildman–Crippen LogP) is 6.52. The molecule has 1 fully saturated rings. The monoisotopic (exact) mass is 709 g/mol. The Morgan fingerprint density at radius 3 is 2.17 bits per heavy atom. The highest BCUT2D eigenvalue weighted by atomic mass is 16.7. The Bertz CT molecular complexity index is 1700. The van der Waals surface area contributed by atoms with Crippen LogP contribution in [0.15, 0.2) is 103 Å². The summed E-state index contributed by atoms with van der Waals surface area (Å²) in [5.41, 5.74) is 8.24. The third-order valence-electron chi connectivity index (χ3n) is 9.82. The van der Waals surface area contributed by atoms with Crippen molar-refractivity contribution >= 4 is 11.8 Å². The summed E-state index contributed by atoms with van der Waals surface area (Å²) in [7, 11) is 2.01. The summed E-state index contributed by atoms with van der Waals surface area (Å²) in [6, 6.07) is 33.5. The summed E-state index contributed by atoms with van der Waals surface area (Å²) in [5, 5.41) is 32.3. The molecule has 0 bridgehead atoms. The number of ether oxygens (including phenoxy) is 2. The van der Waals surface area contributed by atoms with Gasteiger partial charge in [-0.3, -0.25) is 19.7 Å². The number of unbranched alkanes of at least 4 members (excludes halogenated alkanes) is 2. The first-order chi connectivity index (χ1) is 25.2. The Labute approximate surface area is 306 Å². The molecule has 1 heterocycles. The molecule has 4 aromatic carbocycles. The molecular weight excluding hydrogens is 658 g/mol. The van der Waals surface area contributed by atoms with Crippen molar-refractivity contribution < 1.29 is 34.5 Å². The topological polar surface area (TPSA) is 141 Å². The number of hydroxylamine groups is 1. The van der Waals surface area contributed by atoms with Crippen molar-refractivity contribution in [2.45, 2.75) is 89.2 Å². The molecule has 2 amide bonds. The molecule has 0 aliphatic carbocycles. The Hall–Kier alpha value is -4.42. The van der Waals surface area contributed by atoms with E-state index in [9.17, 15) is 19.8 Å². The molecule has 5 atom stereocenters. The average molecular weight is 710 g/mol. The van der Waals surface area contributed by atoms with Crippen molar-refractivity contribution in [3.63, 3.8) is 0 Å². The highest BCUT2D eigenvalue weighted by molar-refractivity contribution is 5.76. The van der Waals surface area contributed by atoms with Gasteiger partial charge < -0.3 is 25.0 Å². The number of hydrogen-bond donors (Lipinski definition) is 5. The highest BCUT2D eigenvalue weighted by Crippen LogP contribution is 2.39. The van der Waals surface area contributed by atoms with Gasteiger partial charge in [0.1, 0.15) is 0 Å². The van der Waals surface area contributed by atoms with Crippen LogP contribution in [0.2, 0.25) is 0 Å². The van der Waals surface area contributed by atoms with Gasteiger partial charge >= 0.3 is 0 Å². The van der Waals surface area contributed by atoms with E-state index in [1.54, 1.807) is 5.48 Å². The number of hydrogen-bond acceptors (Lipinski definition) is 8. The van der Waals surface area contributed by atoms with Crippen LogP contribution in [0.1, 0.15) is 91.8 Å². The maximum atomic E-state index is 12.5. The first kappa shape index (κ1) is 38.8. The van der Waals surface area contributed by atoms with Gasteiger partial charge in [-0.25, -0.2) is 5.48 Å². The fourth-order valence-corrected chi connectivity index (χ4v) is 6.55. The number of nitrogens with zero attached hydrogens (tertiary/aromatic N) is 1. The summed E-state index contributed by atoms with van der Waals surface area (Å²) in [5.74, 6) is -0.464. The number of likely N-dealkylation sites (N-methyl/N-ethyl adjacent to an activating group) is 1. The Morgan fingerprint density at radius 1 is 0.827 bits per heavy atom. The molecule has 0 unspecified atom stereocenters. The second kappa shape index (κ2) is 19.4. The summed E-state index contributed by atoms with van der Waals surface area (Å²) in [6.07, 6.45) is 1.56. The van der Waals surface area contributed by atoms with Crippen molar-refractivity contribution in [1.82, 2.24) is 15.7 Å². The summed E-state index contributed by atoms with van der Waals surface area (Å²) in [4.78, 5) is 25.8. The molecule has 10 heteroatoms. The normalized spacial score (nSPS) is 18.5. The van der Waals surface area contributed by atoms with Crippen LogP contribution in [0.3, 0.4) is 0 Å². The minimum Gasteiger partial charge on any atom is -0.392 e. The molecule has 10 nitrogen and oxygen atoms in total. The van der Waals surface area contributed by atoms with E-state index in [2.05, 4.69) is 10.2 Å². The van der Waals surface area contributed by atoms with E-state index in [1.165, 1.54) is 0 Å². The number of carbonyl (C=O) groups is 2. The highest BCUT2D eigenvalue weighted by Gasteiger charge is 2.34. The molecule has 1 saturated heterocycles. The molecule has 0 radical (unpaired) electrons. The van der Waals surface area contributed by atoms with Crippen LogP contribution in [0, 0.1) is 0 Å². The summed E-state index contributed by atoms with van der Waals surface area (Å²) in [6.45, 7) is 2.98. The molecule has 276 valence electrons. The Kier molecular flexibility index (Phi) is 14.5. The smallest absolute Gasteiger partial charge is 0.243 e. The van der Waals surface area contributed by atoms with Gasteiger partial charge in [-0.05, 0) is 60.2 Å². The van der Waals surface area contributed by atoms with Crippen LogP contribution in [-0.2, 0) is 32.2 Å². The largest absolute Gasteiger partial charge is 0.392 e. The quantitative estimate of drug-likeness (QED) is 0.0475. The number of rotatable bonds is 17. The summed E-state index contributed by atoms with van der Waals surface area (Å²) >= 11 is 0. The molecule has 52 heavy (non-hydrogen) atoms. The second-order valence-electron chi connectivity index (χ2n) is 13.5. The molecule has 5 N–H and O–H groups in total. The van der Waals surface area contributed by atoms with E-state index in [1.807, 2.05) is 117 Å². The van der Waals surface area contributed by atoms with E-state index >= 15 is 0 Å². The van der Waals surface area contributed by atoms with Gasteiger partial charge in [-0.15, -0.1) is 0 Å². The van der Waals surface area contributed by atoms with Crippen molar-refractivity contribution in [3.05, 3.63) is 131 Å². The van der Waals surface area contributed by atoms with Gasteiger partial charge in [0.15, 0.2) is 6.29 Å². The van der Waals surface area contributed by atoms with Gasteiger partial charge in [0.25, 0.3) is 0 Å². The predicted molar refractivity (Wildman–Crippen MR) is 199 cm³/mol. The van der Waals surface area contributed by atoms with Crippen LogP contribution in [0.4, 0.5) is 0 Å². The number of amides is 2. The maximum absolute atomic E-state index is 12.5. The Morgan fingerprint density at radius 2 is 1.48 bits per heavy atom. The fourth-order valence-electron chi connectivity index (χ4n) is 6.55. The zero-order valence-electron chi connectivity index (χ0n) is 30.0. The standard InChI is InChI=1S/C42H51N3O7/c1-29(41(49)33-11-5-3-6-12-33)45(2)27-36-25-38(32-19-17-30(28-46)18-20-32)52-42(51-36)34-23-21-31(22-24-34)37-14-10-9-13-35(37)26-43-39(47)15-7-4-8-16-40(48)44-50/h3,5-6,9-14,17-24,29,36,38,41-42,46,49-50H,4,7-8,15-16,25-28H2,1-2H3,(H,43,47)(H,44,48)/t29-,36+,38-,41-,42-/m1/s1. The molecule has 5 rings (SSSR count). The van der Waals surface area contributed by atoms with Crippen LogP contribution >= 0.6 is 0 Å². The number of carbonyl (C=O) groups excluding carboxylic acids is 2. The SMILES string of the molecule is C[C@H]([C@@H](O)c1ccccc1)N(C)C[C@@H]1C[C@H](c2ccc(CO)cc2)O[C@H](c2ccc(-c3ccccc3CNC(=O)CCCCCC(=O)NO)cc2)O1. The zero-order valence-corrected chi connectivity index (χ0v) is 30.0. The number of benzene rings is 4. The fraction of sp³-hybridized carbons (Fsp3) is 0.381. The molecule has 4 aromatic rings.